The summed E-state index contributed by atoms with van der Waals surface area (Å²) in [6.45, 7) is 4.18. The summed E-state index contributed by atoms with van der Waals surface area (Å²) in [6.07, 6.45) is 4.85. The van der Waals surface area contributed by atoms with Gasteiger partial charge in [-0.1, -0.05) is 0 Å². The molecule has 0 N–H and O–H groups in total. The molecule has 0 aromatic carbocycles. The Morgan fingerprint density at radius 3 is 2.28 bits per heavy atom. The van der Waals surface area contributed by atoms with Gasteiger partial charge < -0.3 is 9.80 Å². The van der Waals surface area contributed by atoms with E-state index in [1.807, 2.05) is 24.2 Å². The van der Waals surface area contributed by atoms with E-state index in [9.17, 15) is 16.8 Å². The van der Waals surface area contributed by atoms with Crippen LogP contribution < -0.4 is 0 Å². The highest BCUT2D eigenvalue weighted by molar-refractivity contribution is 7.99. The molecule has 1 aliphatic heterocycles. The Morgan fingerprint density at radius 1 is 1.17 bits per heavy atom. The zero-order valence-corrected chi connectivity index (χ0v) is 12.1. The van der Waals surface area contributed by atoms with E-state index in [4.69, 9.17) is 0 Å². The fourth-order valence-electron chi connectivity index (χ4n) is 1.53. The van der Waals surface area contributed by atoms with Crippen molar-refractivity contribution in [2.45, 2.75) is 13.3 Å². The van der Waals surface area contributed by atoms with Crippen molar-refractivity contribution in [2.24, 2.45) is 0 Å². The molecule has 1 heterocycles. The second-order valence-corrected chi connectivity index (χ2v) is 7.52. The van der Waals surface area contributed by atoms with Crippen LogP contribution in [0.15, 0.2) is 12.4 Å². The number of nitrogens with zero attached hydrogens (tertiary/aromatic N) is 2. The zero-order chi connectivity index (χ0) is 13.8. The van der Waals surface area contributed by atoms with Gasteiger partial charge >= 0.3 is 0 Å². The molecule has 0 atom stereocenters. The molecule has 0 aromatic rings. The highest BCUT2D eigenvalue weighted by atomic mass is 32.3. The molecule has 7 nitrogen and oxygen atoms in total. The summed E-state index contributed by atoms with van der Waals surface area (Å²) in [5.41, 5.74) is 0. The number of hydrogen-bond acceptors (Lipinski definition) is 7. The maximum atomic E-state index is 11.3. The van der Waals surface area contributed by atoms with Crippen LogP contribution in [0.1, 0.15) is 13.3 Å². The minimum Gasteiger partial charge on any atom is -0.359 e. The fourth-order valence-corrected chi connectivity index (χ4v) is 3.79. The van der Waals surface area contributed by atoms with Gasteiger partial charge in [0.25, 0.3) is 20.2 Å². The molecule has 0 spiro atoms. The van der Waals surface area contributed by atoms with E-state index in [-0.39, 0.29) is 5.75 Å². The number of hydrogen-bond donors (Lipinski definition) is 0. The molecule has 0 saturated heterocycles. The topological polar surface area (TPSA) is 84.0 Å². The molecule has 18 heavy (non-hydrogen) atoms. The molecule has 0 radical (unpaired) electrons. The van der Waals surface area contributed by atoms with Gasteiger partial charge in [-0.2, -0.15) is 16.8 Å². The van der Waals surface area contributed by atoms with Gasteiger partial charge in [-0.05, 0) is 13.3 Å². The average molecular weight is 298 g/mol. The monoisotopic (exact) mass is 298 g/mol. The molecular formula is C9H18N2O5S2. The lowest BCUT2D eigenvalue weighted by atomic mass is 10.4. The molecule has 9 heteroatoms. The third kappa shape index (κ3) is 5.69. The highest BCUT2D eigenvalue weighted by Crippen LogP contribution is 2.08. The van der Waals surface area contributed by atoms with Crippen molar-refractivity contribution >= 4 is 20.2 Å². The maximum Gasteiger partial charge on any atom is 0.281 e. The normalized spacial score (nSPS) is 16.6. The van der Waals surface area contributed by atoms with Crippen LogP contribution in [-0.2, 0) is 23.9 Å². The van der Waals surface area contributed by atoms with Crippen molar-refractivity contribution in [1.82, 2.24) is 9.80 Å². The lowest BCUT2D eigenvalue weighted by Gasteiger charge is -2.19. The second-order valence-electron chi connectivity index (χ2n) is 4.04. The molecule has 0 saturated carbocycles. The first-order valence-corrected chi connectivity index (χ1v) is 8.91. The first kappa shape index (κ1) is 15.3. The van der Waals surface area contributed by atoms with E-state index in [0.717, 1.165) is 13.2 Å². The third-order valence-corrected chi connectivity index (χ3v) is 4.93. The summed E-state index contributed by atoms with van der Waals surface area (Å²) < 4.78 is 48.1. The minimum atomic E-state index is -4.00. The SMILES string of the molecule is CCN1C=CN(CCCS(=O)(=O)OS(C)(=O)=O)C1. The Balaban J connectivity index is 2.32. The van der Waals surface area contributed by atoms with E-state index < -0.39 is 20.2 Å². The summed E-state index contributed by atoms with van der Waals surface area (Å²) in [6, 6.07) is 0. The Hall–Kier alpha value is -0.800. The Labute approximate surface area is 108 Å². The van der Waals surface area contributed by atoms with Crippen LogP contribution in [0.2, 0.25) is 0 Å². The molecule has 0 unspecified atom stereocenters. The quantitative estimate of drug-likeness (QED) is 0.640. The van der Waals surface area contributed by atoms with Gasteiger partial charge in [0.05, 0.1) is 18.7 Å². The average Bonchev–Trinajstić information content (AvgIpc) is 2.61. The molecule has 0 fully saturated rings. The van der Waals surface area contributed by atoms with E-state index in [1.165, 1.54) is 0 Å². The highest BCUT2D eigenvalue weighted by Gasteiger charge is 2.19. The Morgan fingerprint density at radius 2 is 1.78 bits per heavy atom. The van der Waals surface area contributed by atoms with Crippen molar-refractivity contribution in [3.63, 3.8) is 0 Å². The second kappa shape index (κ2) is 5.89. The summed E-state index contributed by atoms with van der Waals surface area (Å²) in [5.74, 6) is -0.309. The van der Waals surface area contributed by atoms with Crippen LogP contribution in [0.25, 0.3) is 0 Å². The van der Waals surface area contributed by atoms with Crippen molar-refractivity contribution in [2.75, 3.05) is 31.8 Å². The lowest BCUT2D eigenvalue weighted by Crippen LogP contribution is -2.27. The van der Waals surface area contributed by atoms with E-state index >= 15 is 0 Å². The van der Waals surface area contributed by atoms with Crippen molar-refractivity contribution < 1.29 is 20.5 Å². The lowest BCUT2D eigenvalue weighted by molar-refractivity contribution is 0.273. The van der Waals surface area contributed by atoms with E-state index in [0.29, 0.717) is 19.2 Å². The van der Waals surface area contributed by atoms with Crippen molar-refractivity contribution in [3.8, 4) is 0 Å². The van der Waals surface area contributed by atoms with E-state index in [1.54, 1.807) is 0 Å². The van der Waals surface area contributed by atoms with Gasteiger partial charge in [0.1, 0.15) is 0 Å². The maximum absolute atomic E-state index is 11.3. The van der Waals surface area contributed by atoms with Gasteiger partial charge in [-0.25, -0.2) is 0 Å². The Bertz CT molecular complexity index is 497. The smallest absolute Gasteiger partial charge is 0.281 e. The van der Waals surface area contributed by atoms with Gasteiger partial charge in [-0.3, -0.25) is 0 Å². The van der Waals surface area contributed by atoms with Crippen LogP contribution in [0.3, 0.4) is 0 Å². The molecule has 0 bridgehead atoms. The van der Waals surface area contributed by atoms with Crippen LogP contribution in [0, 0.1) is 0 Å². The molecule has 0 aliphatic carbocycles. The largest absolute Gasteiger partial charge is 0.359 e. The molecular weight excluding hydrogens is 280 g/mol. The predicted molar refractivity (Wildman–Crippen MR) is 67.4 cm³/mol. The first-order valence-electron chi connectivity index (χ1n) is 5.52. The first-order chi connectivity index (χ1) is 8.22. The standard InChI is InChI=1S/C9H18N2O5S2/c1-3-10-6-7-11(9-10)5-4-8-18(14,15)16-17(2,12)13/h6-7H,3-5,8-9H2,1-2H3. The predicted octanol–water partition coefficient (Wildman–Crippen LogP) is -0.251. The molecule has 0 amide bonds. The molecule has 0 aromatic heterocycles. The summed E-state index contributed by atoms with van der Waals surface area (Å²) in [7, 11) is -7.97. The van der Waals surface area contributed by atoms with Crippen LogP contribution in [0.5, 0.6) is 0 Å². The van der Waals surface area contributed by atoms with Gasteiger partial charge in [0, 0.05) is 25.5 Å². The van der Waals surface area contributed by atoms with Gasteiger partial charge in [-0.15, -0.1) is 3.63 Å². The van der Waals surface area contributed by atoms with E-state index in [2.05, 4.69) is 8.53 Å². The summed E-state index contributed by atoms with van der Waals surface area (Å²) >= 11 is 0. The fraction of sp³-hybridized carbons (Fsp3) is 0.778. The zero-order valence-electron chi connectivity index (χ0n) is 10.4. The summed E-state index contributed by atoms with van der Waals surface area (Å²) in [5, 5.41) is 0. The molecule has 1 rings (SSSR count). The molecule has 106 valence electrons. The van der Waals surface area contributed by atoms with Crippen LogP contribution in [-0.4, -0.2) is 58.4 Å². The molecule has 1 aliphatic rings. The Kier molecular flexibility index (Phi) is 5.00. The van der Waals surface area contributed by atoms with Crippen molar-refractivity contribution in [3.05, 3.63) is 12.4 Å². The van der Waals surface area contributed by atoms with Crippen LogP contribution >= 0.6 is 0 Å². The minimum absolute atomic E-state index is 0.309. The summed E-state index contributed by atoms with van der Waals surface area (Å²) in [4.78, 5) is 4.03. The third-order valence-electron chi connectivity index (χ3n) is 2.32. The van der Waals surface area contributed by atoms with Gasteiger partial charge in [0.15, 0.2) is 0 Å². The number of rotatable bonds is 7. The van der Waals surface area contributed by atoms with Gasteiger partial charge in [0.2, 0.25) is 0 Å². The van der Waals surface area contributed by atoms with Crippen molar-refractivity contribution in [1.29, 1.82) is 0 Å². The van der Waals surface area contributed by atoms with Crippen LogP contribution in [0.4, 0.5) is 0 Å².